The van der Waals surface area contributed by atoms with Gasteiger partial charge in [-0.15, -0.1) is 0 Å². The van der Waals surface area contributed by atoms with E-state index in [-0.39, 0.29) is 0 Å². The van der Waals surface area contributed by atoms with Gasteiger partial charge in [-0.05, 0) is 36.8 Å². The normalized spacial score (nSPS) is 10.7. The average Bonchev–Trinajstić information content (AvgIpc) is 2.48. The van der Waals surface area contributed by atoms with Crippen LogP contribution in [0.15, 0.2) is 53.1 Å². The fraction of sp³-hybridized carbons (Fsp3) is 0.125. The van der Waals surface area contributed by atoms with E-state index in [0.29, 0.717) is 6.54 Å². The van der Waals surface area contributed by atoms with Crippen LogP contribution in [0.25, 0.3) is 11.0 Å². The number of fused-ring (bicyclic) bond motifs is 1. The Bertz CT molecular complexity index is 756. The van der Waals surface area contributed by atoms with E-state index in [2.05, 4.69) is 50.3 Å². The van der Waals surface area contributed by atoms with E-state index >= 15 is 0 Å². The first kappa shape index (κ1) is 13.1. The van der Waals surface area contributed by atoms with Crippen LogP contribution >= 0.6 is 15.9 Å². The van der Waals surface area contributed by atoms with Crippen molar-refractivity contribution in [2.45, 2.75) is 13.5 Å². The SMILES string of the molecule is Cc1ccc(Br)cc1NCc1cnc2ccccc2n1. The summed E-state index contributed by atoms with van der Waals surface area (Å²) in [4.78, 5) is 9.03. The maximum atomic E-state index is 4.61. The van der Waals surface area contributed by atoms with Crippen molar-refractivity contribution in [1.82, 2.24) is 9.97 Å². The van der Waals surface area contributed by atoms with Crippen LogP contribution in [0.5, 0.6) is 0 Å². The second-order valence-electron chi connectivity index (χ2n) is 4.66. The van der Waals surface area contributed by atoms with Crippen LogP contribution in [0.4, 0.5) is 5.69 Å². The van der Waals surface area contributed by atoms with Gasteiger partial charge < -0.3 is 5.32 Å². The van der Waals surface area contributed by atoms with Gasteiger partial charge in [0.2, 0.25) is 0 Å². The molecule has 0 saturated carbocycles. The van der Waals surface area contributed by atoms with Gasteiger partial charge in [-0.3, -0.25) is 4.98 Å². The van der Waals surface area contributed by atoms with Gasteiger partial charge in [-0.25, -0.2) is 4.98 Å². The third-order valence-corrected chi connectivity index (χ3v) is 3.65. The minimum Gasteiger partial charge on any atom is -0.379 e. The number of benzene rings is 2. The molecular weight excluding hydrogens is 314 g/mol. The molecule has 0 amide bonds. The summed E-state index contributed by atoms with van der Waals surface area (Å²) >= 11 is 3.49. The standard InChI is InChI=1S/C16H14BrN3/c1-11-6-7-12(17)8-16(11)19-10-13-9-18-14-4-2-3-5-15(14)20-13/h2-9,19H,10H2,1H3. The first-order chi connectivity index (χ1) is 9.72. The molecule has 2 aromatic carbocycles. The number of halogens is 1. The zero-order valence-electron chi connectivity index (χ0n) is 11.1. The topological polar surface area (TPSA) is 37.8 Å². The number of hydrogen-bond acceptors (Lipinski definition) is 3. The van der Waals surface area contributed by atoms with Crippen LogP contribution < -0.4 is 5.32 Å². The molecule has 0 aliphatic carbocycles. The third kappa shape index (κ3) is 2.80. The Kier molecular flexibility index (Phi) is 3.65. The predicted octanol–water partition coefficient (Wildman–Crippen LogP) is 4.31. The first-order valence-corrected chi connectivity index (χ1v) is 7.22. The lowest BCUT2D eigenvalue weighted by atomic mass is 10.2. The van der Waals surface area contributed by atoms with E-state index < -0.39 is 0 Å². The molecule has 1 aromatic heterocycles. The van der Waals surface area contributed by atoms with Crippen molar-refractivity contribution in [3.63, 3.8) is 0 Å². The summed E-state index contributed by atoms with van der Waals surface area (Å²) < 4.78 is 1.06. The van der Waals surface area contributed by atoms with Crippen LogP contribution in [0, 0.1) is 6.92 Å². The van der Waals surface area contributed by atoms with Crippen LogP contribution in [0.2, 0.25) is 0 Å². The molecule has 0 fully saturated rings. The van der Waals surface area contributed by atoms with Crippen LogP contribution in [0.1, 0.15) is 11.3 Å². The molecule has 3 rings (SSSR count). The Hall–Kier alpha value is -1.94. The maximum Gasteiger partial charge on any atom is 0.0890 e. The predicted molar refractivity (Wildman–Crippen MR) is 85.7 cm³/mol. The Morgan fingerprint density at radius 3 is 2.75 bits per heavy atom. The lowest BCUT2D eigenvalue weighted by molar-refractivity contribution is 1.04. The van der Waals surface area contributed by atoms with Gasteiger partial charge in [0, 0.05) is 10.2 Å². The molecule has 1 heterocycles. The number of nitrogens with one attached hydrogen (secondary N) is 1. The molecule has 0 bridgehead atoms. The summed E-state index contributed by atoms with van der Waals surface area (Å²) in [6.07, 6.45) is 1.82. The van der Waals surface area contributed by atoms with E-state index in [9.17, 15) is 0 Å². The smallest absolute Gasteiger partial charge is 0.0890 e. The third-order valence-electron chi connectivity index (χ3n) is 3.16. The van der Waals surface area contributed by atoms with Gasteiger partial charge in [0.05, 0.1) is 29.5 Å². The summed E-state index contributed by atoms with van der Waals surface area (Å²) in [7, 11) is 0. The van der Waals surface area contributed by atoms with E-state index in [1.807, 2.05) is 36.5 Å². The number of aromatic nitrogens is 2. The van der Waals surface area contributed by atoms with Crippen molar-refractivity contribution in [2.75, 3.05) is 5.32 Å². The molecule has 3 aromatic rings. The second kappa shape index (κ2) is 5.59. The number of anilines is 1. The molecule has 0 saturated heterocycles. The number of aryl methyl sites for hydroxylation is 1. The van der Waals surface area contributed by atoms with E-state index in [1.54, 1.807) is 0 Å². The Morgan fingerprint density at radius 1 is 1.10 bits per heavy atom. The maximum absolute atomic E-state index is 4.61. The molecular formula is C16H14BrN3. The van der Waals surface area contributed by atoms with Crippen molar-refractivity contribution in [3.05, 3.63) is 64.4 Å². The monoisotopic (exact) mass is 327 g/mol. The largest absolute Gasteiger partial charge is 0.379 e. The fourth-order valence-corrected chi connectivity index (χ4v) is 2.41. The van der Waals surface area contributed by atoms with Crippen LogP contribution in [0.3, 0.4) is 0 Å². The van der Waals surface area contributed by atoms with Gasteiger partial charge in [0.15, 0.2) is 0 Å². The van der Waals surface area contributed by atoms with E-state index in [4.69, 9.17) is 0 Å². The van der Waals surface area contributed by atoms with Gasteiger partial charge in [0.1, 0.15) is 0 Å². The van der Waals surface area contributed by atoms with Gasteiger partial charge in [-0.2, -0.15) is 0 Å². The van der Waals surface area contributed by atoms with Crippen molar-refractivity contribution in [1.29, 1.82) is 0 Å². The van der Waals surface area contributed by atoms with Crippen molar-refractivity contribution >= 4 is 32.7 Å². The second-order valence-corrected chi connectivity index (χ2v) is 5.58. The first-order valence-electron chi connectivity index (χ1n) is 6.43. The molecule has 0 aliphatic rings. The highest BCUT2D eigenvalue weighted by atomic mass is 79.9. The highest BCUT2D eigenvalue weighted by Crippen LogP contribution is 2.21. The lowest BCUT2D eigenvalue weighted by Crippen LogP contribution is -2.03. The summed E-state index contributed by atoms with van der Waals surface area (Å²) in [6.45, 7) is 2.75. The summed E-state index contributed by atoms with van der Waals surface area (Å²) in [5, 5.41) is 3.40. The zero-order chi connectivity index (χ0) is 13.9. The molecule has 0 atom stereocenters. The Balaban J connectivity index is 1.81. The highest BCUT2D eigenvalue weighted by Gasteiger charge is 2.02. The lowest BCUT2D eigenvalue weighted by Gasteiger charge is -2.10. The quantitative estimate of drug-likeness (QED) is 0.778. The average molecular weight is 328 g/mol. The molecule has 20 heavy (non-hydrogen) atoms. The molecule has 0 unspecified atom stereocenters. The number of para-hydroxylation sites is 2. The Labute approximate surface area is 126 Å². The molecule has 0 aliphatic heterocycles. The molecule has 4 heteroatoms. The minimum absolute atomic E-state index is 0.662. The Morgan fingerprint density at radius 2 is 1.90 bits per heavy atom. The number of rotatable bonds is 3. The summed E-state index contributed by atoms with van der Waals surface area (Å²) in [5.74, 6) is 0. The molecule has 3 nitrogen and oxygen atoms in total. The van der Waals surface area contributed by atoms with Crippen molar-refractivity contribution < 1.29 is 0 Å². The van der Waals surface area contributed by atoms with Crippen molar-refractivity contribution in [2.24, 2.45) is 0 Å². The zero-order valence-corrected chi connectivity index (χ0v) is 12.7. The minimum atomic E-state index is 0.662. The van der Waals surface area contributed by atoms with Crippen LogP contribution in [-0.4, -0.2) is 9.97 Å². The van der Waals surface area contributed by atoms with Gasteiger partial charge in [0.25, 0.3) is 0 Å². The van der Waals surface area contributed by atoms with Gasteiger partial charge >= 0.3 is 0 Å². The van der Waals surface area contributed by atoms with Gasteiger partial charge in [-0.1, -0.05) is 34.1 Å². The number of hydrogen-bond donors (Lipinski definition) is 1. The molecule has 0 spiro atoms. The highest BCUT2D eigenvalue weighted by molar-refractivity contribution is 9.10. The van der Waals surface area contributed by atoms with E-state index in [1.165, 1.54) is 5.56 Å². The molecule has 1 N–H and O–H groups in total. The van der Waals surface area contributed by atoms with E-state index in [0.717, 1.165) is 26.9 Å². The molecule has 100 valence electrons. The summed E-state index contributed by atoms with van der Waals surface area (Å²) in [6, 6.07) is 14.1. The fourth-order valence-electron chi connectivity index (χ4n) is 2.05. The number of nitrogens with zero attached hydrogens (tertiary/aromatic N) is 2. The van der Waals surface area contributed by atoms with Crippen LogP contribution in [-0.2, 0) is 6.54 Å². The summed E-state index contributed by atoms with van der Waals surface area (Å²) in [5.41, 5.74) is 5.10. The molecule has 0 radical (unpaired) electrons. The van der Waals surface area contributed by atoms with Crippen molar-refractivity contribution in [3.8, 4) is 0 Å².